The molecule has 0 saturated heterocycles. The number of fused-ring (bicyclic) bond motifs is 1. The fourth-order valence-electron chi connectivity index (χ4n) is 3.64. The second-order valence-electron chi connectivity index (χ2n) is 7.94. The fourth-order valence-corrected chi connectivity index (χ4v) is 4.43. The second-order valence-corrected chi connectivity index (χ2v) is 8.98. The molecule has 168 valence electrons. The Morgan fingerprint density at radius 1 is 1.16 bits per heavy atom. The predicted octanol–water partition coefficient (Wildman–Crippen LogP) is 2.57. The van der Waals surface area contributed by atoms with E-state index in [9.17, 15) is 9.59 Å². The van der Waals surface area contributed by atoms with E-state index >= 15 is 0 Å². The van der Waals surface area contributed by atoms with Crippen LogP contribution in [0.15, 0.2) is 52.4 Å². The second kappa shape index (κ2) is 9.99. The van der Waals surface area contributed by atoms with Crippen LogP contribution in [-0.2, 0) is 17.8 Å². The molecule has 0 saturated carbocycles. The first-order chi connectivity index (χ1) is 15.5. The highest BCUT2D eigenvalue weighted by Crippen LogP contribution is 2.24. The van der Waals surface area contributed by atoms with Gasteiger partial charge < -0.3 is 19.2 Å². The highest BCUT2D eigenvalue weighted by Gasteiger charge is 2.28. The van der Waals surface area contributed by atoms with Gasteiger partial charge in [0.1, 0.15) is 12.1 Å². The molecule has 10 heteroatoms. The molecular formula is C22H26N6O3S. The third-order valence-corrected chi connectivity index (χ3v) is 6.43. The molecule has 0 fully saturated rings. The average molecular weight is 455 g/mol. The Bertz CT molecular complexity index is 1050. The molecule has 3 aromatic heterocycles. The summed E-state index contributed by atoms with van der Waals surface area (Å²) in [7, 11) is 0. The summed E-state index contributed by atoms with van der Waals surface area (Å²) < 4.78 is 7.07. The molecule has 1 N–H and O–H groups in total. The molecule has 0 bridgehead atoms. The summed E-state index contributed by atoms with van der Waals surface area (Å²) >= 11 is 1.51. The zero-order valence-electron chi connectivity index (χ0n) is 18.1. The van der Waals surface area contributed by atoms with Gasteiger partial charge in [0.05, 0.1) is 23.6 Å². The topological polar surface area (TPSA) is 106 Å². The molecule has 0 radical (unpaired) electrons. The first-order valence-corrected chi connectivity index (χ1v) is 11.6. The van der Waals surface area contributed by atoms with Crippen LogP contribution in [0.2, 0.25) is 0 Å². The lowest BCUT2D eigenvalue weighted by Crippen LogP contribution is -2.36. The van der Waals surface area contributed by atoms with Crippen LogP contribution in [-0.4, -0.2) is 55.3 Å². The molecule has 32 heavy (non-hydrogen) atoms. The number of hydrogen-bond donors (Lipinski definition) is 1. The maximum absolute atomic E-state index is 12.8. The minimum Gasteiger partial charge on any atom is -0.472 e. The van der Waals surface area contributed by atoms with Crippen molar-refractivity contribution in [2.75, 3.05) is 18.8 Å². The summed E-state index contributed by atoms with van der Waals surface area (Å²) in [4.78, 5) is 32.3. The van der Waals surface area contributed by atoms with E-state index in [1.807, 2.05) is 35.4 Å². The van der Waals surface area contributed by atoms with Crippen molar-refractivity contribution in [1.29, 1.82) is 0 Å². The normalized spacial score (nSPS) is 14.7. The number of nitrogens with zero attached hydrogens (tertiary/aromatic N) is 5. The number of rotatable bonds is 7. The lowest BCUT2D eigenvalue weighted by Gasteiger charge is -2.23. The van der Waals surface area contributed by atoms with Gasteiger partial charge in [-0.25, -0.2) is 0 Å². The van der Waals surface area contributed by atoms with Crippen molar-refractivity contribution in [3.05, 3.63) is 60.3 Å². The number of pyridine rings is 1. The van der Waals surface area contributed by atoms with E-state index in [0.29, 0.717) is 43.2 Å². The van der Waals surface area contributed by atoms with E-state index < -0.39 is 0 Å². The van der Waals surface area contributed by atoms with Crippen LogP contribution in [0.3, 0.4) is 0 Å². The van der Waals surface area contributed by atoms with Crippen LogP contribution >= 0.6 is 11.8 Å². The van der Waals surface area contributed by atoms with E-state index in [0.717, 1.165) is 10.7 Å². The fraction of sp³-hybridized carbons (Fsp3) is 0.409. The maximum atomic E-state index is 12.8. The highest BCUT2D eigenvalue weighted by molar-refractivity contribution is 8.00. The summed E-state index contributed by atoms with van der Waals surface area (Å²) in [5, 5.41) is 11.8. The molecule has 0 spiro atoms. The highest BCUT2D eigenvalue weighted by atomic mass is 32.2. The van der Waals surface area contributed by atoms with Crippen molar-refractivity contribution >= 4 is 23.6 Å². The van der Waals surface area contributed by atoms with Gasteiger partial charge in [0.15, 0.2) is 5.82 Å². The number of amides is 2. The Labute approximate surface area is 190 Å². The monoisotopic (exact) mass is 454 g/mol. The number of carbonyl (C=O) groups excluding carboxylic acids is 2. The number of furan rings is 1. The van der Waals surface area contributed by atoms with Crippen LogP contribution in [0.5, 0.6) is 0 Å². The SMILES string of the molecule is CC(C)[C@H](NC(=O)c1ccoc1)c1nnc2n1CCN(C(=O)CSc1ccncc1)CC2. The Kier molecular flexibility index (Phi) is 6.89. The Morgan fingerprint density at radius 2 is 1.97 bits per heavy atom. The quantitative estimate of drug-likeness (QED) is 0.547. The van der Waals surface area contributed by atoms with Gasteiger partial charge in [-0.2, -0.15) is 0 Å². The minimum absolute atomic E-state index is 0.0979. The summed E-state index contributed by atoms with van der Waals surface area (Å²) in [6.45, 7) is 5.83. The summed E-state index contributed by atoms with van der Waals surface area (Å²) in [5.41, 5.74) is 0.467. The molecule has 1 atom stereocenters. The molecule has 3 aromatic rings. The maximum Gasteiger partial charge on any atom is 0.255 e. The molecule has 4 heterocycles. The standard InChI is InChI=1S/C22H26N6O3S/c1-15(2)20(24-22(30)16-6-12-31-13-16)21-26-25-18-5-9-27(10-11-28(18)21)19(29)14-32-17-3-7-23-8-4-17/h3-4,6-8,12-13,15,20H,5,9-11,14H2,1-2H3,(H,24,30)/t20-/m0/s1. The molecule has 0 unspecified atom stereocenters. The van der Waals surface area contributed by atoms with Gasteiger partial charge in [0, 0.05) is 43.3 Å². The van der Waals surface area contributed by atoms with Crippen molar-refractivity contribution in [2.45, 2.75) is 37.8 Å². The van der Waals surface area contributed by atoms with E-state index in [2.05, 4.69) is 20.5 Å². The zero-order valence-corrected chi connectivity index (χ0v) is 18.9. The van der Waals surface area contributed by atoms with Crippen LogP contribution in [0, 0.1) is 5.92 Å². The lowest BCUT2D eigenvalue weighted by molar-refractivity contribution is -0.128. The number of aromatic nitrogens is 4. The van der Waals surface area contributed by atoms with Crippen LogP contribution in [0.4, 0.5) is 0 Å². The third-order valence-electron chi connectivity index (χ3n) is 5.43. The molecule has 1 aliphatic heterocycles. The van der Waals surface area contributed by atoms with Gasteiger partial charge in [-0.3, -0.25) is 14.6 Å². The van der Waals surface area contributed by atoms with Crippen molar-refractivity contribution in [3.8, 4) is 0 Å². The number of thioether (sulfide) groups is 1. The van der Waals surface area contributed by atoms with Gasteiger partial charge >= 0.3 is 0 Å². The molecule has 1 aliphatic rings. The van der Waals surface area contributed by atoms with Gasteiger partial charge in [-0.15, -0.1) is 22.0 Å². The van der Waals surface area contributed by atoms with Crippen LogP contribution in [0.1, 0.15) is 41.9 Å². The predicted molar refractivity (Wildman–Crippen MR) is 119 cm³/mol. The van der Waals surface area contributed by atoms with Gasteiger partial charge in [0.2, 0.25) is 5.91 Å². The largest absolute Gasteiger partial charge is 0.472 e. The molecule has 0 aliphatic carbocycles. The van der Waals surface area contributed by atoms with Crippen molar-refractivity contribution in [3.63, 3.8) is 0 Å². The first-order valence-electron chi connectivity index (χ1n) is 10.6. The van der Waals surface area contributed by atoms with E-state index in [4.69, 9.17) is 4.42 Å². The van der Waals surface area contributed by atoms with Crippen LogP contribution in [0.25, 0.3) is 0 Å². The van der Waals surface area contributed by atoms with Gasteiger partial charge in [0.25, 0.3) is 5.91 Å². The third kappa shape index (κ3) is 5.01. The van der Waals surface area contributed by atoms with Crippen molar-refractivity contribution < 1.29 is 14.0 Å². The zero-order chi connectivity index (χ0) is 22.5. The number of carbonyl (C=O) groups is 2. The smallest absolute Gasteiger partial charge is 0.255 e. The van der Waals surface area contributed by atoms with Crippen molar-refractivity contribution in [2.24, 2.45) is 5.92 Å². The molecular weight excluding hydrogens is 428 g/mol. The van der Waals surface area contributed by atoms with E-state index in [1.165, 1.54) is 24.3 Å². The van der Waals surface area contributed by atoms with E-state index in [-0.39, 0.29) is 23.8 Å². The Balaban J connectivity index is 1.42. The lowest BCUT2D eigenvalue weighted by atomic mass is 10.0. The molecule has 2 amide bonds. The van der Waals surface area contributed by atoms with Gasteiger partial charge in [-0.05, 0) is 24.1 Å². The molecule has 4 rings (SSSR count). The minimum atomic E-state index is -0.303. The number of nitrogens with one attached hydrogen (secondary N) is 1. The summed E-state index contributed by atoms with van der Waals surface area (Å²) in [5.74, 6) is 1.92. The Morgan fingerprint density at radius 3 is 2.69 bits per heavy atom. The van der Waals surface area contributed by atoms with Crippen LogP contribution < -0.4 is 5.32 Å². The van der Waals surface area contributed by atoms with Crippen molar-refractivity contribution in [1.82, 2.24) is 30.0 Å². The Hall–Kier alpha value is -3.14. The van der Waals surface area contributed by atoms with Gasteiger partial charge in [-0.1, -0.05) is 13.8 Å². The van der Waals surface area contributed by atoms with E-state index in [1.54, 1.807) is 18.5 Å². The average Bonchev–Trinajstić information content (AvgIpc) is 3.42. The first kappa shape index (κ1) is 22.1. The summed E-state index contributed by atoms with van der Waals surface area (Å²) in [6, 6.07) is 5.13. The molecule has 9 nitrogen and oxygen atoms in total. The molecule has 0 aromatic carbocycles. The number of hydrogen-bond acceptors (Lipinski definition) is 7. The summed E-state index contributed by atoms with van der Waals surface area (Å²) in [6.07, 6.45) is 6.97.